The van der Waals surface area contributed by atoms with Gasteiger partial charge in [-0.2, -0.15) is 5.26 Å². The van der Waals surface area contributed by atoms with E-state index in [9.17, 15) is 9.59 Å². The van der Waals surface area contributed by atoms with Crippen LogP contribution >= 0.6 is 0 Å². The Morgan fingerprint density at radius 1 is 1.20 bits per heavy atom. The molecule has 0 aliphatic rings. The van der Waals surface area contributed by atoms with Crippen molar-refractivity contribution in [3.05, 3.63) is 69.1 Å². The molecular formula is C14H8N4O2. The Morgan fingerprint density at radius 3 is 2.80 bits per heavy atom. The lowest BCUT2D eigenvalue weighted by Crippen LogP contribution is -2.30. The Hall–Kier alpha value is -3.20. The number of hydrogen-bond donors (Lipinski definition) is 1. The summed E-state index contributed by atoms with van der Waals surface area (Å²) in [6.07, 6.45) is 2.85. The highest BCUT2D eigenvalue weighted by Gasteiger charge is 2.09. The van der Waals surface area contributed by atoms with Gasteiger partial charge in [0.1, 0.15) is 11.6 Å². The molecule has 0 atom stereocenters. The summed E-state index contributed by atoms with van der Waals surface area (Å²) in [7, 11) is 0. The average Bonchev–Trinajstić information content (AvgIpc) is 2.47. The number of pyridine rings is 1. The van der Waals surface area contributed by atoms with E-state index in [1.54, 1.807) is 30.5 Å². The van der Waals surface area contributed by atoms with Crippen molar-refractivity contribution in [2.24, 2.45) is 0 Å². The third-order valence-electron chi connectivity index (χ3n) is 2.93. The Kier molecular flexibility index (Phi) is 2.66. The second-order valence-corrected chi connectivity index (χ2v) is 4.14. The number of nitriles is 1. The minimum Gasteiger partial charge on any atom is -0.273 e. The number of nitrogens with zero attached hydrogens (tertiary/aromatic N) is 3. The average molecular weight is 264 g/mol. The molecule has 2 aromatic heterocycles. The first kappa shape index (κ1) is 11.9. The van der Waals surface area contributed by atoms with Gasteiger partial charge in [0.05, 0.1) is 11.2 Å². The summed E-state index contributed by atoms with van der Waals surface area (Å²) in [4.78, 5) is 29.7. The van der Waals surface area contributed by atoms with Gasteiger partial charge in [-0.3, -0.25) is 19.3 Å². The second kappa shape index (κ2) is 4.48. The molecule has 0 saturated carbocycles. The maximum absolute atomic E-state index is 11.9. The number of fused-ring (bicyclic) bond motifs is 1. The number of hydrogen-bond acceptors (Lipinski definition) is 4. The van der Waals surface area contributed by atoms with Crippen LogP contribution in [0.1, 0.15) is 5.56 Å². The molecule has 20 heavy (non-hydrogen) atoms. The van der Waals surface area contributed by atoms with Crippen LogP contribution in [0, 0.1) is 11.3 Å². The Labute approximate surface area is 112 Å². The summed E-state index contributed by atoms with van der Waals surface area (Å²) in [5.74, 6) is 0. The first-order valence-corrected chi connectivity index (χ1v) is 5.81. The fourth-order valence-corrected chi connectivity index (χ4v) is 2.01. The summed E-state index contributed by atoms with van der Waals surface area (Å²) < 4.78 is 1.22. The Morgan fingerprint density at radius 2 is 2.00 bits per heavy atom. The van der Waals surface area contributed by atoms with Crippen molar-refractivity contribution in [2.75, 3.05) is 0 Å². The molecule has 2 heterocycles. The molecule has 3 aromatic rings. The van der Waals surface area contributed by atoms with E-state index in [0.717, 1.165) is 5.39 Å². The third-order valence-corrected chi connectivity index (χ3v) is 2.93. The van der Waals surface area contributed by atoms with E-state index in [2.05, 4.69) is 9.97 Å². The molecule has 0 amide bonds. The monoisotopic (exact) mass is 264 g/mol. The largest absolute Gasteiger partial charge is 0.333 e. The first-order chi connectivity index (χ1) is 9.70. The number of H-pyrrole nitrogens is 1. The lowest BCUT2D eigenvalue weighted by atomic mass is 10.2. The Balaban J connectivity index is 2.41. The standard InChI is InChI=1S/C14H8N4O2/c15-7-10-8-18(14(20)17-13(10)19)11-5-1-3-9-4-2-6-16-12(9)11/h1-6,8H,(H,17,19,20). The van der Waals surface area contributed by atoms with Crippen LogP contribution in [0.15, 0.2) is 52.3 Å². The van der Waals surface area contributed by atoms with E-state index < -0.39 is 11.2 Å². The van der Waals surface area contributed by atoms with Crippen LogP contribution < -0.4 is 11.2 Å². The third kappa shape index (κ3) is 1.78. The van der Waals surface area contributed by atoms with Crippen molar-refractivity contribution >= 4 is 10.9 Å². The predicted molar refractivity (Wildman–Crippen MR) is 72.7 cm³/mol. The van der Waals surface area contributed by atoms with E-state index in [-0.39, 0.29) is 5.56 Å². The fourth-order valence-electron chi connectivity index (χ4n) is 2.01. The van der Waals surface area contributed by atoms with Crippen LogP contribution in [0.3, 0.4) is 0 Å². The molecule has 0 saturated heterocycles. The molecule has 1 N–H and O–H groups in total. The minimum atomic E-state index is -0.693. The molecule has 0 aliphatic heterocycles. The molecule has 96 valence electrons. The lowest BCUT2D eigenvalue weighted by molar-refractivity contribution is 0.893. The summed E-state index contributed by atoms with van der Waals surface area (Å²) >= 11 is 0. The molecule has 3 rings (SSSR count). The number of aromatic amines is 1. The molecular weight excluding hydrogens is 256 g/mol. The summed E-state index contributed by atoms with van der Waals surface area (Å²) in [5.41, 5.74) is -0.291. The van der Waals surface area contributed by atoms with Crippen LogP contribution in [0.2, 0.25) is 0 Å². The van der Waals surface area contributed by atoms with Gasteiger partial charge in [-0.15, -0.1) is 0 Å². The first-order valence-electron chi connectivity index (χ1n) is 5.81. The molecule has 0 spiro atoms. The van der Waals surface area contributed by atoms with Crippen LogP contribution in [0.4, 0.5) is 0 Å². The van der Waals surface area contributed by atoms with E-state index in [1.807, 2.05) is 12.1 Å². The molecule has 6 nitrogen and oxygen atoms in total. The SMILES string of the molecule is N#Cc1cn(-c2cccc3cccnc23)c(=O)[nH]c1=O. The highest BCUT2D eigenvalue weighted by molar-refractivity contribution is 5.86. The van der Waals surface area contributed by atoms with Crippen molar-refractivity contribution in [3.63, 3.8) is 0 Å². The molecule has 1 aromatic carbocycles. The van der Waals surface area contributed by atoms with Gasteiger partial charge in [0.2, 0.25) is 0 Å². The van der Waals surface area contributed by atoms with E-state index in [0.29, 0.717) is 11.2 Å². The van der Waals surface area contributed by atoms with Crippen molar-refractivity contribution in [2.45, 2.75) is 0 Å². The van der Waals surface area contributed by atoms with Gasteiger partial charge >= 0.3 is 5.69 Å². The van der Waals surface area contributed by atoms with Gasteiger partial charge in [-0.05, 0) is 12.1 Å². The van der Waals surface area contributed by atoms with Crippen LogP contribution in [0.25, 0.3) is 16.6 Å². The number of rotatable bonds is 1. The van der Waals surface area contributed by atoms with Crippen LogP contribution in [0.5, 0.6) is 0 Å². The summed E-state index contributed by atoms with van der Waals surface area (Å²) in [5, 5.41) is 9.76. The normalized spacial score (nSPS) is 10.3. The Bertz CT molecular complexity index is 958. The van der Waals surface area contributed by atoms with E-state index >= 15 is 0 Å². The van der Waals surface area contributed by atoms with Crippen molar-refractivity contribution in [3.8, 4) is 11.8 Å². The van der Waals surface area contributed by atoms with Gasteiger partial charge in [0.15, 0.2) is 0 Å². The predicted octanol–water partition coefficient (Wildman–Crippen LogP) is 0.946. The molecule has 0 bridgehead atoms. The molecule has 6 heteroatoms. The van der Waals surface area contributed by atoms with E-state index in [4.69, 9.17) is 5.26 Å². The highest BCUT2D eigenvalue weighted by atomic mass is 16.2. The van der Waals surface area contributed by atoms with Gasteiger partial charge in [0.25, 0.3) is 5.56 Å². The number of aromatic nitrogens is 3. The fraction of sp³-hybridized carbons (Fsp3) is 0. The lowest BCUT2D eigenvalue weighted by Gasteiger charge is -2.08. The van der Waals surface area contributed by atoms with Gasteiger partial charge < -0.3 is 0 Å². The quantitative estimate of drug-likeness (QED) is 0.708. The number of nitrogens with one attached hydrogen (secondary N) is 1. The molecule has 0 fully saturated rings. The minimum absolute atomic E-state index is 0.127. The maximum atomic E-state index is 11.9. The van der Waals surface area contributed by atoms with Gasteiger partial charge in [-0.1, -0.05) is 18.2 Å². The number of benzene rings is 1. The smallest absolute Gasteiger partial charge is 0.273 e. The van der Waals surface area contributed by atoms with Crippen molar-refractivity contribution < 1.29 is 0 Å². The topological polar surface area (TPSA) is 91.5 Å². The zero-order valence-corrected chi connectivity index (χ0v) is 10.2. The highest BCUT2D eigenvalue weighted by Crippen LogP contribution is 2.18. The van der Waals surface area contributed by atoms with Gasteiger partial charge in [-0.25, -0.2) is 4.79 Å². The molecule has 0 aliphatic carbocycles. The maximum Gasteiger partial charge on any atom is 0.333 e. The zero-order chi connectivity index (χ0) is 14.1. The van der Waals surface area contributed by atoms with Crippen molar-refractivity contribution in [1.29, 1.82) is 5.26 Å². The van der Waals surface area contributed by atoms with E-state index in [1.165, 1.54) is 10.8 Å². The summed E-state index contributed by atoms with van der Waals surface area (Å²) in [6.45, 7) is 0. The summed E-state index contributed by atoms with van der Waals surface area (Å²) in [6, 6.07) is 10.8. The van der Waals surface area contributed by atoms with Crippen molar-refractivity contribution in [1.82, 2.24) is 14.5 Å². The number of para-hydroxylation sites is 1. The van der Waals surface area contributed by atoms with Gasteiger partial charge in [0, 0.05) is 17.8 Å². The van der Waals surface area contributed by atoms with Crippen LogP contribution in [-0.4, -0.2) is 14.5 Å². The molecule has 0 radical (unpaired) electrons. The molecule has 0 unspecified atom stereocenters. The second-order valence-electron chi connectivity index (χ2n) is 4.14. The zero-order valence-electron chi connectivity index (χ0n) is 10.2. The van der Waals surface area contributed by atoms with Crippen LogP contribution in [-0.2, 0) is 0 Å².